The van der Waals surface area contributed by atoms with E-state index < -0.39 is 0 Å². The second kappa shape index (κ2) is 8.59. The fourth-order valence-corrected chi connectivity index (χ4v) is 5.61. The molecule has 8 heteroatoms. The predicted molar refractivity (Wildman–Crippen MR) is 134 cm³/mol. The third kappa shape index (κ3) is 3.54. The summed E-state index contributed by atoms with van der Waals surface area (Å²) in [5.41, 5.74) is 4.82. The van der Waals surface area contributed by atoms with E-state index in [1.807, 2.05) is 31.2 Å². The molecule has 1 aliphatic carbocycles. The van der Waals surface area contributed by atoms with Gasteiger partial charge >= 0.3 is 6.09 Å². The topological polar surface area (TPSA) is 79.1 Å². The van der Waals surface area contributed by atoms with Crippen LogP contribution in [0.1, 0.15) is 42.6 Å². The number of ketones is 1. The van der Waals surface area contributed by atoms with E-state index in [-0.39, 0.29) is 11.9 Å². The van der Waals surface area contributed by atoms with Gasteiger partial charge in [0.1, 0.15) is 5.52 Å². The van der Waals surface area contributed by atoms with Gasteiger partial charge in [0, 0.05) is 50.4 Å². The first-order valence-corrected chi connectivity index (χ1v) is 12.6. The largest absolute Gasteiger partial charge is 0.450 e. The third-order valence-electron chi connectivity index (χ3n) is 7.63. The Morgan fingerprint density at radius 3 is 2.43 bits per heavy atom. The molecule has 0 spiro atoms. The highest BCUT2D eigenvalue weighted by atomic mass is 16.6. The summed E-state index contributed by atoms with van der Waals surface area (Å²) in [6.07, 6.45) is 1.94. The molecule has 6 rings (SSSR count). The number of piperazine rings is 1. The Morgan fingerprint density at radius 1 is 1.03 bits per heavy atom. The maximum absolute atomic E-state index is 13.8. The molecule has 1 amide bonds. The van der Waals surface area contributed by atoms with Crippen molar-refractivity contribution in [3.05, 3.63) is 41.5 Å². The number of ether oxygens (including phenoxy) is 1. The molecular formula is C27H30N4O4. The number of benzene rings is 2. The minimum Gasteiger partial charge on any atom is -0.450 e. The number of carbonyl (C=O) groups is 2. The zero-order valence-electron chi connectivity index (χ0n) is 20.2. The third-order valence-corrected chi connectivity index (χ3v) is 7.63. The van der Waals surface area contributed by atoms with Gasteiger partial charge in [0.25, 0.3) is 0 Å². The standard InChI is InChI=1S/C27H30N4O4/c1-3-34-27(33)31-14-12-30(13-15-31)21-16-20(29-10-8-17(2)9-11-29)22-23-24(21)28-35-26(23)19-7-5-4-6-18(19)25(22)32/h4-7,16-17H,3,8-15H2,1-2H3. The second-order valence-electron chi connectivity index (χ2n) is 9.74. The van der Waals surface area contributed by atoms with Crippen LogP contribution in [0.4, 0.5) is 16.2 Å². The zero-order chi connectivity index (χ0) is 24.1. The van der Waals surface area contributed by atoms with E-state index in [1.54, 1.807) is 4.90 Å². The average Bonchev–Trinajstić information content (AvgIpc) is 3.33. The fourth-order valence-electron chi connectivity index (χ4n) is 5.61. The number of anilines is 2. The van der Waals surface area contributed by atoms with Crippen molar-refractivity contribution in [2.75, 3.05) is 55.7 Å². The molecule has 8 nitrogen and oxygen atoms in total. The lowest BCUT2D eigenvalue weighted by molar-refractivity contribution is 0.103. The zero-order valence-corrected chi connectivity index (χ0v) is 20.2. The fraction of sp³-hybridized carbons (Fsp3) is 0.444. The van der Waals surface area contributed by atoms with Crippen molar-refractivity contribution < 1.29 is 18.8 Å². The van der Waals surface area contributed by atoms with Crippen molar-refractivity contribution in [1.82, 2.24) is 10.1 Å². The van der Waals surface area contributed by atoms with Crippen molar-refractivity contribution in [2.45, 2.75) is 26.7 Å². The van der Waals surface area contributed by atoms with Gasteiger partial charge in [0.2, 0.25) is 0 Å². The summed E-state index contributed by atoms with van der Waals surface area (Å²) in [4.78, 5) is 32.4. The van der Waals surface area contributed by atoms with Gasteiger partial charge in [-0.2, -0.15) is 0 Å². The molecule has 3 heterocycles. The number of carbonyl (C=O) groups excluding carboxylic acids is 2. The highest BCUT2D eigenvalue weighted by Crippen LogP contribution is 2.47. The highest BCUT2D eigenvalue weighted by molar-refractivity contribution is 6.28. The second-order valence-corrected chi connectivity index (χ2v) is 9.74. The number of hydrogen-bond donors (Lipinski definition) is 0. The number of hydrogen-bond acceptors (Lipinski definition) is 7. The number of fused-ring (bicyclic) bond motifs is 2. The van der Waals surface area contributed by atoms with Crippen molar-refractivity contribution in [3.63, 3.8) is 0 Å². The SMILES string of the molecule is CCOC(=O)N1CCN(c2cc(N3CCC(C)CC3)c3c4c(onc24)-c2ccccc2C3=O)CC1. The van der Waals surface area contributed by atoms with Crippen LogP contribution < -0.4 is 9.80 Å². The molecule has 0 saturated carbocycles. The van der Waals surface area contributed by atoms with Crippen LogP contribution in [0.3, 0.4) is 0 Å². The van der Waals surface area contributed by atoms with Crippen LogP contribution in [0, 0.1) is 5.92 Å². The molecule has 2 aliphatic heterocycles. The van der Waals surface area contributed by atoms with Crippen molar-refractivity contribution in [3.8, 4) is 11.3 Å². The number of piperidine rings is 1. The van der Waals surface area contributed by atoms with E-state index in [1.165, 1.54) is 0 Å². The molecule has 3 aromatic rings. The molecular weight excluding hydrogens is 444 g/mol. The normalized spacial score (nSPS) is 18.2. The Hall–Kier alpha value is -3.55. The molecule has 35 heavy (non-hydrogen) atoms. The van der Waals surface area contributed by atoms with Crippen molar-refractivity contribution in [1.29, 1.82) is 0 Å². The number of nitrogens with zero attached hydrogens (tertiary/aromatic N) is 4. The summed E-state index contributed by atoms with van der Waals surface area (Å²) in [5, 5.41) is 5.30. The van der Waals surface area contributed by atoms with E-state index >= 15 is 0 Å². The molecule has 2 fully saturated rings. The summed E-state index contributed by atoms with van der Waals surface area (Å²) in [5.74, 6) is 1.39. The lowest BCUT2D eigenvalue weighted by Gasteiger charge is -2.37. The van der Waals surface area contributed by atoms with Crippen molar-refractivity contribution >= 4 is 34.2 Å². The van der Waals surface area contributed by atoms with Gasteiger partial charge in [-0.15, -0.1) is 0 Å². The Morgan fingerprint density at radius 2 is 1.71 bits per heavy atom. The maximum Gasteiger partial charge on any atom is 0.409 e. The smallest absolute Gasteiger partial charge is 0.409 e. The Labute approximate surface area is 204 Å². The van der Waals surface area contributed by atoms with Crippen LogP contribution in [0.15, 0.2) is 34.9 Å². The lowest BCUT2D eigenvalue weighted by atomic mass is 9.85. The molecule has 0 unspecified atom stereocenters. The minimum absolute atomic E-state index is 0.0357. The molecule has 0 radical (unpaired) electrons. The Bertz CT molecular complexity index is 1300. The molecule has 2 aromatic carbocycles. The maximum atomic E-state index is 13.8. The van der Waals surface area contributed by atoms with Crippen molar-refractivity contribution in [2.24, 2.45) is 5.92 Å². The van der Waals surface area contributed by atoms with Gasteiger partial charge in [0.05, 0.1) is 28.9 Å². The first kappa shape index (κ1) is 21.9. The van der Waals surface area contributed by atoms with Gasteiger partial charge in [-0.1, -0.05) is 36.3 Å². The van der Waals surface area contributed by atoms with Crippen LogP contribution >= 0.6 is 0 Å². The molecule has 0 N–H and O–H groups in total. The minimum atomic E-state index is -0.267. The summed E-state index contributed by atoms with van der Waals surface area (Å²) in [7, 11) is 0. The van der Waals surface area contributed by atoms with E-state index in [0.29, 0.717) is 55.6 Å². The van der Waals surface area contributed by atoms with Crippen LogP contribution in [0.25, 0.3) is 22.2 Å². The molecule has 0 bridgehead atoms. The Balaban J connectivity index is 1.46. The highest BCUT2D eigenvalue weighted by Gasteiger charge is 2.36. The molecule has 0 atom stereocenters. The molecule has 3 aliphatic rings. The lowest BCUT2D eigenvalue weighted by Crippen LogP contribution is -2.49. The van der Waals surface area contributed by atoms with Gasteiger partial charge in [-0.3, -0.25) is 4.79 Å². The summed E-state index contributed by atoms with van der Waals surface area (Å²) in [6.45, 7) is 8.80. The van der Waals surface area contributed by atoms with Crippen LogP contribution in [-0.4, -0.2) is 67.8 Å². The van der Waals surface area contributed by atoms with E-state index in [4.69, 9.17) is 9.26 Å². The first-order valence-electron chi connectivity index (χ1n) is 12.6. The van der Waals surface area contributed by atoms with E-state index in [9.17, 15) is 9.59 Å². The van der Waals surface area contributed by atoms with Gasteiger partial charge in [-0.05, 0) is 31.7 Å². The summed E-state index contributed by atoms with van der Waals surface area (Å²) < 4.78 is 11.1. The van der Waals surface area contributed by atoms with Crippen LogP contribution in [-0.2, 0) is 4.74 Å². The predicted octanol–water partition coefficient (Wildman–Crippen LogP) is 4.55. The van der Waals surface area contributed by atoms with E-state index in [2.05, 4.69) is 27.9 Å². The van der Waals surface area contributed by atoms with Gasteiger partial charge in [-0.25, -0.2) is 4.79 Å². The summed E-state index contributed by atoms with van der Waals surface area (Å²) in [6, 6.07) is 9.76. The number of rotatable bonds is 3. The Kier molecular flexibility index (Phi) is 5.39. The van der Waals surface area contributed by atoms with Crippen LogP contribution in [0.2, 0.25) is 0 Å². The quantitative estimate of drug-likeness (QED) is 0.431. The summed E-state index contributed by atoms with van der Waals surface area (Å²) >= 11 is 0. The number of amides is 1. The molecule has 2 saturated heterocycles. The average molecular weight is 475 g/mol. The molecule has 182 valence electrons. The van der Waals surface area contributed by atoms with E-state index in [0.717, 1.165) is 53.8 Å². The molecule has 1 aromatic heterocycles. The van der Waals surface area contributed by atoms with Crippen LogP contribution in [0.5, 0.6) is 0 Å². The number of aromatic nitrogens is 1. The van der Waals surface area contributed by atoms with Gasteiger partial charge in [0.15, 0.2) is 11.5 Å². The monoisotopic (exact) mass is 474 g/mol. The first-order chi connectivity index (χ1) is 17.1. The van der Waals surface area contributed by atoms with Gasteiger partial charge < -0.3 is 24.0 Å².